The summed E-state index contributed by atoms with van der Waals surface area (Å²) >= 11 is 1.28. The first-order valence-corrected chi connectivity index (χ1v) is 12.9. The molecule has 0 bridgehead atoms. The van der Waals surface area contributed by atoms with E-state index in [4.69, 9.17) is 15.2 Å². The Morgan fingerprint density at radius 3 is 2.54 bits per heavy atom. The molecule has 37 heavy (non-hydrogen) atoms. The minimum Gasteiger partial charge on any atom is -0.484 e. The molecule has 13 heteroatoms. The minimum atomic E-state index is -4.48. The fraction of sp³-hybridized carbons (Fsp3) is 0.208. The van der Waals surface area contributed by atoms with Crippen LogP contribution in [0.25, 0.3) is 11.0 Å². The molecular weight excluding hydrogens is 529 g/mol. The summed E-state index contributed by atoms with van der Waals surface area (Å²) in [4.78, 5) is 20.5. The maximum absolute atomic E-state index is 13.5. The van der Waals surface area contributed by atoms with Gasteiger partial charge in [0.15, 0.2) is 13.2 Å². The number of hydrogen-bond donors (Lipinski definition) is 1. The Bertz CT molecular complexity index is 1440. The Morgan fingerprint density at radius 2 is 1.84 bits per heavy atom. The molecule has 0 radical (unpaired) electrons. The number of primary amides is 1. The molecule has 8 nitrogen and oxygen atoms in total. The molecule has 2 heterocycles. The van der Waals surface area contributed by atoms with Gasteiger partial charge in [0.2, 0.25) is 5.16 Å². The van der Waals surface area contributed by atoms with Crippen molar-refractivity contribution in [2.45, 2.75) is 28.9 Å². The molecular formula is C24H21F3N4O4S2. The van der Waals surface area contributed by atoms with E-state index in [1.54, 1.807) is 41.2 Å². The van der Waals surface area contributed by atoms with Crippen molar-refractivity contribution < 1.29 is 31.6 Å². The lowest BCUT2D eigenvalue weighted by Gasteiger charge is -2.13. The number of para-hydroxylation sites is 2. The fourth-order valence-corrected chi connectivity index (χ4v) is 5.63. The van der Waals surface area contributed by atoms with E-state index in [1.165, 1.54) is 24.2 Å². The number of benzene rings is 2. The van der Waals surface area contributed by atoms with Crippen LogP contribution in [0.1, 0.15) is 11.3 Å². The molecule has 0 saturated heterocycles. The maximum Gasteiger partial charge on any atom is 0.422 e. The highest BCUT2D eigenvalue weighted by Crippen LogP contribution is 2.32. The summed E-state index contributed by atoms with van der Waals surface area (Å²) in [6.45, 7) is -0.0956. The van der Waals surface area contributed by atoms with E-state index in [1.807, 2.05) is 18.2 Å². The van der Waals surface area contributed by atoms with Gasteiger partial charge in [-0.2, -0.15) is 13.2 Å². The summed E-state index contributed by atoms with van der Waals surface area (Å²) in [5, 5.41) is 0.267. The Morgan fingerprint density at radius 1 is 1.11 bits per heavy atom. The molecule has 4 rings (SSSR count). The first-order valence-electron chi connectivity index (χ1n) is 10.8. The molecule has 0 aliphatic heterocycles. The van der Waals surface area contributed by atoms with E-state index in [2.05, 4.69) is 9.97 Å². The van der Waals surface area contributed by atoms with E-state index in [0.29, 0.717) is 22.5 Å². The Labute approximate surface area is 216 Å². The number of fused-ring (bicyclic) bond motifs is 1. The van der Waals surface area contributed by atoms with Gasteiger partial charge in [-0.05, 0) is 61.3 Å². The first-order chi connectivity index (χ1) is 17.6. The highest BCUT2D eigenvalue weighted by molar-refractivity contribution is 7.98. The van der Waals surface area contributed by atoms with Crippen molar-refractivity contribution in [1.29, 1.82) is 0 Å². The van der Waals surface area contributed by atoms with Crippen LogP contribution in [0.3, 0.4) is 0 Å². The maximum atomic E-state index is 13.5. The Hall–Kier alpha value is -3.58. The summed E-state index contributed by atoms with van der Waals surface area (Å²) in [6.07, 6.45) is -3.15. The van der Waals surface area contributed by atoms with Crippen LogP contribution < -0.4 is 15.2 Å². The number of imidazole rings is 1. The van der Waals surface area contributed by atoms with Crippen molar-refractivity contribution >= 4 is 39.7 Å². The average molecular weight is 551 g/mol. The van der Waals surface area contributed by atoms with Crippen molar-refractivity contribution in [3.63, 3.8) is 0 Å². The fourth-order valence-electron chi connectivity index (χ4n) is 3.28. The predicted molar refractivity (Wildman–Crippen MR) is 133 cm³/mol. The van der Waals surface area contributed by atoms with Crippen LogP contribution in [0.4, 0.5) is 13.2 Å². The third-order valence-corrected chi connectivity index (χ3v) is 7.38. The number of carbonyl (C=O) groups excluding carboxylic acids is 1. The molecule has 2 aromatic carbocycles. The second-order valence-corrected chi connectivity index (χ2v) is 10.1. The van der Waals surface area contributed by atoms with Crippen molar-refractivity contribution in [3.8, 4) is 11.5 Å². The average Bonchev–Trinajstić information content (AvgIpc) is 3.22. The number of aromatic nitrogens is 3. The molecule has 4 aromatic rings. The van der Waals surface area contributed by atoms with Crippen LogP contribution in [0, 0.1) is 6.92 Å². The van der Waals surface area contributed by atoms with E-state index in [9.17, 15) is 22.2 Å². The van der Waals surface area contributed by atoms with Crippen molar-refractivity contribution in [3.05, 3.63) is 72.1 Å². The zero-order chi connectivity index (χ0) is 26.6. The van der Waals surface area contributed by atoms with Gasteiger partial charge in [-0.1, -0.05) is 12.1 Å². The van der Waals surface area contributed by atoms with Crippen LogP contribution in [0.5, 0.6) is 11.5 Å². The van der Waals surface area contributed by atoms with Crippen molar-refractivity contribution in [2.75, 3.05) is 13.2 Å². The molecule has 0 fully saturated rings. The summed E-state index contributed by atoms with van der Waals surface area (Å²) in [7, 11) is -1.69. The number of nitrogens with two attached hydrogens (primary N) is 1. The van der Waals surface area contributed by atoms with Gasteiger partial charge < -0.3 is 15.2 Å². The second-order valence-electron chi connectivity index (χ2n) is 7.77. The van der Waals surface area contributed by atoms with Gasteiger partial charge in [-0.3, -0.25) is 18.0 Å². The van der Waals surface area contributed by atoms with Gasteiger partial charge in [0.25, 0.3) is 5.91 Å². The van der Waals surface area contributed by atoms with Crippen LogP contribution in [-0.2, 0) is 21.3 Å². The van der Waals surface area contributed by atoms with Gasteiger partial charge >= 0.3 is 6.18 Å². The minimum absolute atomic E-state index is 0.0286. The largest absolute Gasteiger partial charge is 0.484 e. The predicted octanol–water partition coefficient (Wildman–Crippen LogP) is 4.41. The lowest BCUT2D eigenvalue weighted by atomic mass is 10.2. The first kappa shape index (κ1) is 26.5. The molecule has 0 aliphatic rings. The van der Waals surface area contributed by atoms with Crippen molar-refractivity contribution in [2.24, 2.45) is 5.73 Å². The molecule has 0 saturated carbocycles. The number of rotatable bonds is 10. The monoisotopic (exact) mass is 550 g/mol. The summed E-state index contributed by atoms with van der Waals surface area (Å²) in [5.41, 5.74) is 7.19. The van der Waals surface area contributed by atoms with E-state index < -0.39 is 29.5 Å². The van der Waals surface area contributed by atoms with Gasteiger partial charge in [0.1, 0.15) is 11.5 Å². The normalized spacial score (nSPS) is 12.4. The standard InChI is InChI=1S/C24H21F3N4O4S2/c1-15-19(29-11-10-21(15)35-14-24(25,26)27)13-37(33)23-30-18-4-2-3-5-20(18)31(23)36-17-8-6-16(7-9-17)34-12-22(28)32/h2-11H,12-14H2,1H3,(H2,28,32). The summed E-state index contributed by atoms with van der Waals surface area (Å²) < 4.78 is 63.2. The number of carbonyl (C=O) groups is 1. The number of alkyl halides is 3. The molecule has 0 aliphatic carbocycles. The molecule has 2 N–H and O–H groups in total. The van der Waals surface area contributed by atoms with Gasteiger partial charge in [0, 0.05) is 16.7 Å². The lowest BCUT2D eigenvalue weighted by Crippen LogP contribution is -2.20. The van der Waals surface area contributed by atoms with Crippen LogP contribution in [0.15, 0.2) is 70.8 Å². The topological polar surface area (TPSA) is 109 Å². The van der Waals surface area contributed by atoms with Crippen LogP contribution in [-0.4, -0.2) is 43.4 Å². The lowest BCUT2D eigenvalue weighted by molar-refractivity contribution is -0.153. The highest BCUT2D eigenvalue weighted by atomic mass is 32.2. The summed E-state index contributed by atoms with van der Waals surface area (Å²) in [6, 6.07) is 15.5. The number of pyridine rings is 1. The zero-order valence-corrected chi connectivity index (χ0v) is 21.0. The third kappa shape index (κ3) is 6.80. The number of halogens is 3. The van der Waals surface area contributed by atoms with Crippen molar-refractivity contribution in [1.82, 2.24) is 13.9 Å². The Kier molecular flexibility index (Phi) is 8.03. The molecule has 2 aromatic heterocycles. The van der Waals surface area contributed by atoms with Crippen LogP contribution in [0.2, 0.25) is 0 Å². The number of amides is 1. The van der Waals surface area contributed by atoms with Gasteiger partial charge in [0.05, 0.1) is 33.3 Å². The molecule has 1 unspecified atom stereocenters. The number of ether oxygens (including phenoxy) is 2. The molecule has 0 spiro atoms. The molecule has 1 amide bonds. The Balaban J connectivity index is 1.59. The number of hydrogen-bond acceptors (Lipinski definition) is 7. The van der Waals surface area contributed by atoms with Gasteiger partial charge in [-0.15, -0.1) is 0 Å². The molecule has 194 valence electrons. The number of nitrogens with zero attached hydrogens (tertiary/aromatic N) is 3. The second kappa shape index (κ2) is 11.2. The molecule has 1 atom stereocenters. The summed E-state index contributed by atoms with van der Waals surface area (Å²) in [5.74, 6) is -0.158. The van der Waals surface area contributed by atoms with Crippen LogP contribution >= 0.6 is 11.9 Å². The SMILES string of the molecule is Cc1c(OCC(F)(F)F)ccnc1CS(=O)c1nc2ccccc2n1Sc1ccc(OCC(N)=O)cc1. The smallest absolute Gasteiger partial charge is 0.422 e. The van der Waals surface area contributed by atoms with E-state index >= 15 is 0 Å². The van der Waals surface area contributed by atoms with E-state index in [0.717, 1.165) is 10.4 Å². The third-order valence-electron chi connectivity index (χ3n) is 5.01. The van der Waals surface area contributed by atoms with E-state index in [-0.39, 0.29) is 23.3 Å². The highest BCUT2D eigenvalue weighted by Gasteiger charge is 2.29. The quantitative estimate of drug-likeness (QED) is 0.312. The zero-order valence-electron chi connectivity index (χ0n) is 19.4. The van der Waals surface area contributed by atoms with Gasteiger partial charge in [-0.25, -0.2) is 4.98 Å².